The number of nitrogens with two attached hydrogens (primary N) is 1. The van der Waals surface area contributed by atoms with Crippen molar-refractivity contribution in [3.63, 3.8) is 0 Å². The highest BCUT2D eigenvalue weighted by Crippen LogP contribution is 2.29. The Morgan fingerprint density at radius 3 is 2.62 bits per heavy atom. The molecule has 2 N–H and O–H groups in total. The van der Waals surface area contributed by atoms with Crippen LogP contribution >= 0.6 is 43.5 Å². The zero-order valence-corrected chi connectivity index (χ0v) is 14.4. The predicted molar refractivity (Wildman–Crippen MR) is 89.4 cm³/mol. The van der Waals surface area contributed by atoms with Crippen molar-refractivity contribution in [1.82, 2.24) is 20.2 Å². The van der Waals surface area contributed by atoms with Crippen molar-refractivity contribution in [1.29, 1.82) is 0 Å². The molecule has 0 aliphatic rings. The number of aromatic nitrogens is 4. The van der Waals surface area contributed by atoms with E-state index in [1.165, 1.54) is 0 Å². The lowest BCUT2D eigenvalue weighted by atomic mass is 10.2. The van der Waals surface area contributed by atoms with Crippen LogP contribution in [0.15, 0.2) is 45.3 Å². The molecule has 0 atom stereocenters. The molecule has 8 heteroatoms. The molecule has 0 unspecified atom stereocenters. The number of halogens is 3. The summed E-state index contributed by atoms with van der Waals surface area (Å²) in [6.45, 7) is 0. The molecule has 106 valence electrons. The summed E-state index contributed by atoms with van der Waals surface area (Å²) in [5.74, 6) is 0.585. The van der Waals surface area contributed by atoms with Gasteiger partial charge in [-0.25, -0.2) is 0 Å². The maximum atomic E-state index is 5.95. The fourth-order valence-electron chi connectivity index (χ4n) is 1.87. The maximum Gasteiger partial charge on any atom is 0.187 e. The van der Waals surface area contributed by atoms with Gasteiger partial charge in [-0.3, -0.25) is 0 Å². The van der Waals surface area contributed by atoms with Crippen molar-refractivity contribution in [2.75, 3.05) is 5.73 Å². The third-order valence-electron chi connectivity index (χ3n) is 2.86. The number of nitrogens with zero attached hydrogens (tertiary/aromatic N) is 4. The summed E-state index contributed by atoms with van der Waals surface area (Å²) in [6.07, 6.45) is 0. The fourth-order valence-corrected chi connectivity index (χ4v) is 3.20. The fraction of sp³-hybridized carbons (Fsp3) is 0. The zero-order chi connectivity index (χ0) is 15.0. The molecule has 0 saturated carbocycles. The van der Waals surface area contributed by atoms with Crippen molar-refractivity contribution in [2.45, 2.75) is 0 Å². The molecule has 0 aliphatic carbocycles. The molecule has 1 aromatic heterocycles. The number of hydrogen-bond acceptors (Lipinski definition) is 4. The predicted octanol–water partition coefficient (Wildman–Crippen LogP) is 4.09. The van der Waals surface area contributed by atoms with Crippen molar-refractivity contribution in [3.8, 4) is 17.1 Å². The van der Waals surface area contributed by atoms with E-state index in [0.717, 1.165) is 20.2 Å². The van der Waals surface area contributed by atoms with Gasteiger partial charge < -0.3 is 5.73 Å². The van der Waals surface area contributed by atoms with E-state index < -0.39 is 0 Å². The second-order valence-corrected chi connectivity index (χ2v) is 6.42. The Morgan fingerprint density at radius 2 is 1.90 bits per heavy atom. The summed E-state index contributed by atoms with van der Waals surface area (Å²) in [4.78, 5) is 0. The van der Waals surface area contributed by atoms with Gasteiger partial charge in [-0.1, -0.05) is 27.5 Å². The largest absolute Gasteiger partial charge is 0.398 e. The molecular formula is C13H8Br2ClN5. The molecule has 2 aromatic carbocycles. The second kappa shape index (κ2) is 5.75. The summed E-state index contributed by atoms with van der Waals surface area (Å²) in [6, 6.07) is 11.1. The van der Waals surface area contributed by atoms with Gasteiger partial charge in [0.2, 0.25) is 0 Å². The van der Waals surface area contributed by atoms with Crippen LogP contribution in [0.4, 0.5) is 5.69 Å². The SMILES string of the molecule is Nc1cc(-c2nnnn2-c2ccc(Br)cc2Br)ccc1Cl. The van der Waals surface area contributed by atoms with Crippen LogP contribution in [0.2, 0.25) is 5.02 Å². The average Bonchev–Trinajstić information content (AvgIpc) is 2.91. The number of benzene rings is 2. The normalized spacial score (nSPS) is 10.8. The van der Waals surface area contributed by atoms with Crippen LogP contribution < -0.4 is 5.73 Å². The molecule has 0 saturated heterocycles. The standard InChI is InChI=1S/C13H8Br2ClN5/c14-8-2-4-12(9(15)6-8)21-13(18-19-20-21)7-1-3-10(16)11(17)5-7/h1-6H,17H2. The number of anilines is 1. The van der Waals surface area contributed by atoms with Crippen LogP contribution in [0.25, 0.3) is 17.1 Å². The van der Waals surface area contributed by atoms with E-state index >= 15 is 0 Å². The molecule has 0 bridgehead atoms. The Labute approximate surface area is 142 Å². The quantitative estimate of drug-likeness (QED) is 0.623. The highest BCUT2D eigenvalue weighted by atomic mass is 79.9. The Bertz CT molecular complexity index is 818. The first kappa shape index (κ1) is 14.5. The van der Waals surface area contributed by atoms with Crippen LogP contribution in [-0.4, -0.2) is 20.2 Å². The van der Waals surface area contributed by atoms with Crippen LogP contribution in [0.3, 0.4) is 0 Å². The second-order valence-electron chi connectivity index (χ2n) is 4.25. The smallest absolute Gasteiger partial charge is 0.187 e. The average molecular weight is 430 g/mol. The highest BCUT2D eigenvalue weighted by molar-refractivity contribution is 9.11. The van der Waals surface area contributed by atoms with Gasteiger partial charge in [0.1, 0.15) is 0 Å². The summed E-state index contributed by atoms with van der Waals surface area (Å²) < 4.78 is 3.47. The van der Waals surface area contributed by atoms with E-state index in [4.69, 9.17) is 17.3 Å². The van der Waals surface area contributed by atoms with Gasteiger partial charge >= 0.3 is 0 Å². The number of nitrogen functional groups attached to an aromatic ring is 1. The molecule has 0 radical (unpaired) electrons. The van der Waals surface area contributed by atoms with Gasteiger partial charge in [-0.05, 0) is 62.8 Å². The van der Waals surface area contributed by atoms with E-state index in [1.807, 2.05) is 24.3 Å². The number of rotatable bonds is 2. The Hall–Kier alpha value is -1.44. The molecule has 0 aliphatic heterocycles. The molecule has 3 rings (SSSR count). The van der Waals surface area contributed by atoms with E-state index in [-0.39, 0.29) is 0 Å². The zero-order valence-electron chi connectivity index (χ0n) is 10.5. The summed E-state index contributed by atoms with van der Waals surface area (Å²) in [7, 11) is 0. The van der Waals surface area contributed by atoms with Gasteiger partial charge in [0.05, 0.1) is 16.4 Å². The molecular weight excluding hydrogens is 421 g/mol. The van der Waals surface area contributed by atoms with Crippen LogP contribution in [0, 0.1) is 0 Å². The Kier molecular flexibility index (Phi) is 3.97. The first-order valence-electron chi connectivity index (χ1n) is 5.85. The van der Waals surface area contributed by atoms with Crippen molar-refractivity contribution >= 4 is 49.1 Å². The molecule has 1 heterocycles. The third kappa shape index (κ3) is 2.81. The lowest BCUT2D eigenvalue weighted by Gasteiger charge is -2.08. The maximum absolute atomic E-state index is 5.95. The minimum absolute atomic E-state index is 0.485. The highest BCUT2D eigenvalue weighted by Gasteiger charge is 2.14. The summed E-state index contributed by atoms with van der Waals surface area (Å²) >= 11 is 12.9. The van der Waals surface area contributed by atoms with Crippen molar-refractivity contribution in [3.05, 3.63) is 50.4 Å². The third-order valence-corrected chi connectivity index (χ3v) is 4.33. The molecule has 0 fully saturated rings. The lowest BCUT2D eigenvalue weighted by molar-refractivity contribution is 0.789. The summed E-state index contributed by atoms with van der Waals surface area (Å²) in [5, 5.41) is 12.4. The monoisotopic (exact) mass is 427 g/mol. The molecule has 5 nitrogen and oxygen atoms in total. The van der Waals surface area contributed by atoms with Crippen LogP contribution in [0.1, 0.15) is 0 Å². The number of hydrogen-bond donors (Lipinski definition) is 1. The van der Waals surface area contributed by atoms with Crippen LogP contribution in [-0.2, 0) is 0 Å². The van der Waals surface area contributed by atoms with Gasteiger partial charge in [0.25, 0.3) is 0 Å². The molecule has 0 amide bonds. The topological polar surface area (TPSA) is 69.6 Å². The van der Waals surface area contributed by atoms with E-state index in [2.05, 4.69) is 47.4 Å². The molecule has 3 aromatic rings. The van der Waals surface area contributed by atoms with Gasteiger partial charge in [-0.15, -0.1) is 5.10 Å². The van der Waals surface area contributed by atoms with Crippen molar-refractivity contribution in [2.24, 2.45) is 0 Å². The van der Waals surface area contributed by atoms with Crippen LogP contribution in [0.5, 0.6) is 0 Å². The Morgan fingerprint density at radius 1 is 1.10 bits per heavy atom. The first-order chi connectivity index (χ1) is 10.1. The molecule has 21 heavy (non-hydrogen) atoms. The van der Waals surface area contributed by atoms with Gasteiger partial charge in [0, 0.05) is 14.5 Å². The lowest BCUT2D eigenvalue weighted by Crippen LogP contribution is -2.01. The van der Waals surface area contributed by atoms with Gasteiger partial charge in [-0.2, -0.15) is 4.68 Å². The minimum atomic E-state index is 0.485. The molecule has 0 spiro atoms. The van der Waals surface area contributed by atoms with E-state index in [9.17, 15) is 0 Å². The van der Waals surface area contributed by atoms with Gasteiger partial charge in [0.15, 0.2) is 5.82 Å². The minimum Gasteiger partial charge on any atom is -0.398 e. The van der Waals surface area contributed by atoms with E-state index in [0.29, 0.717) is 16.5 Å². The first-order valence-corrected chi connectivity index (χ1v) is 7.82. The Balaban J connectivity index is 2.14. The summed E-state index contributed by atoms with van der Waals surface area (Å²) in [5.41, 5.74) is 7.94. The number of tetrazole rings is 1. The van der Waals surface area contributed by atoms with E-state index in [1.54, 1.807) is 16.8 Å². The van der Waals surface area contributed by atoms with Crippen molar-refractivity contribution < 1.29 is 0 Å².